The van der Waals surface area contributed by atoms with Crippen molar-refractivity contribution in [3.05, 3.63) is 33.7 Å². The highest BCUT2D eigenvalue weighted by Gasteiger charge is 2.20. The van der Waals surface area contributed by atoms with E-state index in [-0.39, 0.29) is 25.4 Å². The number of thiazole rings is 1. The van der Waals surface area contributed by atoms with Crippen LogP contribution in [0.4, 0.5) is 5.82 Å². The molecule has 148 valence electrons. The van der Waals surface area contributed by atoms with Crippen LogP contribution in [0.3, 0.4) is 0 Å². The quantitative estimate of drug-likeness (QED) is 0.297. The number of carbonyl (C=O) groups is 2. The molecule has 0 aromatic carbocycles. The number of halogens is 1. The second-order valence-electron chi connectivity index (χ2n) is 5.88. The standard InChI is InChI=1S/C16H22N6O3S.ClH/c1-9-13(3-4-25-16(24)12(17)5-14(18)23)26-8-22(9)7-11-6-20-10(2)21-15(11)19;/h6,8,12H,3-5,7,17H2,1-2H3,(H3-,18,19,20,21,23);1H/t12-;/m0./s1. The van der Waals surface area contributed by atoms with Crippen molar-refractivity contribution >= 4 is 29.0 Å². The van der Waals surface area contributed by atoms with Gasteiger partial charge in [-0.25, -0.2) is 9.97 Å². The number of aromatic nitrogens is 3. The van der Waals surface area contributed by atoms with Crippen LogP contribution < -0.4 is 34.2 Å². The van der Waals surface area contributed by atoms with Gasteiger partial charge in [0.15, 0.2) is 12.2 Å². The molecule has 2 aromatic heterocycles. The molecule has 27 heavy (non-hydrogen) atoms. The monoisotopic (exact) mass is 414 g/mol. The summed E-state index contributed by atoms with van der Waals surface area (Å²) in [5.74, 6) is -0.163. The van der Waals surface area contributed by atoms with Crippen molar-refractivity contribution in [3.63, 3.8) is 0 Å². The largest absolute Gasteiger partial charge is 1.00 e. The van der Waals surface area contributed by atoms with E-state index >= 15 is 0 Å². The number of hydrogen-bond acceptors (Lipinski definition) is 8. The number of rotatable bonds is 8. The minimum absolute atomic E-state index is 0. The van der Waals surface area contributed by atoms with Gasteiger partial charge in [0, 0.05) is 19.5 Å². The molecule has 0 fully saturated rings. The fourth-order valence-corrected chi connectivity index (χ4v) is 3.29. The molecule has 1 amide bonds. The zero-order valence-electron chi connectivity index (χ0n) is 15.1. The van der Waals surface area contributed by atoms with E-state index < -0.39 is 17.9 Å². The molecule has 6 N–H and O–H groups in total. The minimum Gasteiger partial charge on any atom is -1.00 e. The number of nitrogens with zero attached hydrogens (tertiary/aromatic N) is 3. The van der Waals surface area contributed by atoms with Gasteiger partial charge in [0.25, 0.3) is 0 Å². The Bertz CT molecular complexity index is 813. The highest BCUT2D eigenvalue weighted by atomic mass is 35.5. The summed E-state index contributed by atoms with van der Waals surface area (Å²) in [6.45, 7) is 4.52. The third kappa shape index (κ3) is 6.42. The minimum atomic E-state index is -1.02. The summed E-state index contributed by atoms with van der Waals surface area (Å²) in [7, 11) is 0. The zero-order chi connectivity index (χ0) is 19.3. The molecule has 0 saturated heterocycles. The number of esters is 1. The molecule has 2 heterocycles. The molecule has 2 rings (SSSR count). The molecule has 0 aliphatic heterocycles. The van der Waals surface area contributed by atoms with Gasteiger partial charge in [-0.1, -0.05) is 11.3 Å². The maximum absolute atomic E-state index is 11.7. The summed E-state index contributed by atoms with van der Waals surface area (Å²) in [5.41, 5.74) is 20.4. The lowest BCUT2D eigenvalue weighted by Gasteiger charge is -2.09. The first-order chi connectivity index (χ1) is 12.3. The Morgan fingerprint density at radius 2 is 2.07 bits per heavy atom. The van der Waals surface area contributed by atoms with E-state index in [1.165, 1.54) is 0 Å². The van der Waals surface area contributed by atoms with E-state index in [1.54, 1.807) is 24.5 Å². The number of hydrogen-bond donors (Lipinski definition) is 3. The van der Waals surface area contributed by atoms with Gasteiger partial charge in [-0.3, -0.25) is 9.59 Å². The number of ether oxygens (including phenoxy) is 1. The highest BCUT2D eigenvalue weighted by molar-refractivity contribution is 7.09. The molecule has 9 nitrogen and oxygen atoms in total. The van der Waals surface area contributed by atoms with Crippen LogP contribution in [0.5, 0.6) is 0 Å². The van der Waals surface area contributed by atoms with Crippen LogP contribution in [-0.2, 0) is 27.3 Å². The molecule has 2 aromatic rings. The first-order valence-electron chi connectivity index (χ1n) is 8.02. The molecule has 0 bridgehead atoms. The number of anilines is 1. The van der Waals surface area contributed by atoms with E-state index in [4.69, 9.17) is 21.9 Å². The van der Waals surface area contributed by atoms with Crippen molar-refractivity contribution in [3.8, 4) is 0 Å². The Morgan fingerprint density at radius 1 is 1.37 bits per heavy atom. The second-order valence-corrected chi connectivity index (χ2v) is 6.82. The molecule has 0 spiro atoms. The lowest BCUT2D eigenvalue weighted by Crippen LogP contribution is -3.00. The van der Waals surface area contributed by atoms with E-state index in [0.29, 0.717) is 24.6 Å². The average molecular weight is 415 g/mol. The van der Waals surface area contributed by atoms with Crippen molar-refractivity contribution in [2.24, 2.45) is 11.5 Å². The van der Waals surface area contributed by atoms with Gasteiger partial charge in [-0.2, -0.15) is 4.57 Å². The molecule has 0 unspecified atom stereocenters. The Kier molecular flexibility index (Phi) is 8.54. The molecule has 0 aliphatic rings. The summed E-state index contributed by atoms with van der Waals surface area (Å²) in [5, 5.41) is 0. The number of primary amides is 1. The maximum atomic E-state index is 11.7. The third-order valence-electron chi connectivity index (χ3n) is 3.81. The zero-order valence-corrected chi connectivity index (χ0v) is 16.7. The van der Waals surface area contributed by atoms with Crippen molar-refractivity contribution < 1.29 is 31.3 Å². The van der Waals surface area contributed by atoms with Gasteiger partial charge in [-0.05, 0) is 6.92 Å². The van der Waals surface area contributed by atoms with E-state index in [1.807, 2.05) is 17.0 Å². The Hall–Kier alpha value is -2.30. The normalized spacial score (nSPS) is 11.5. The maximum Gasteiger partial charge on any atom is 0.323 e. The van der Waals surface area contributed by atoms with Crippen molar-refractivity contribution in [1.29, 1.82) is 0 Å². The Labute approximate surface area is 167 Å². The molecule has 0 saturated carbocycles. The summed E-state index contributed by atoms with van der Waals surface area (Å²) in [6.07, 6.45) is 2.05. The summed E-state index contributed by atoms with van der Waals surface area (Å²) in [4.78, 5) is 31.9. The second kappa shape index (κ2) is 10.1. The van der Waals surface area contributed by atoms with E-state index in [9.17, 15) is 9.59 Å². The summed E-state index contributed by atoms with van der Waals surface area (Å²) >= 11 is 1.56. The van der Waals surface area contributed by atoms with Gasteiger partial charge in [0.05, 0.1) is 23.5 Å². The van der Waals surface area contributed by atoms with Gasteiger partial charge in [0.2, 0.25) is 11.4 Å². The smallest absolute Gasteiger partial charge is 0.323 e. The molecule has 0 radical (unpaired) electrons. The predicted molar refractivity (Wildman–Crippen MR) is 96.0 cm³/mol. The van der Waals surface area contributed by atoms with Crippen molar-refractivity contribution in [1.82, 2.24) is 9.97 Å². The number of aryl methyl sites for hydroxylation is 1. The predicted octanol–water partition coefficient (Wildman–Crippen LogP) is -3.63. The molecular formula is C16H23ClN6O3S. The SMILES string of the molecule is Cc1ncc(C[n+]2csc(CCOC(=O)[C@@H](N)CC(N)=O)c2C)c(N)n1.[Cl-]. The van der Waals surface area contributed by atoms with Crippen LogP contribution in [0.2, 0.25) is 0 Å². The Morgan fingerprint density at radius 3 is 2.70 bits per heavy atom. The third-order valence-corrected chi connectivity index (χ3v) is 4.96. The van der Waals surface area contributed by atoms with Gasteiger partial charge >= 0.3 is 5.97 Å². The fraction of sp³-hybridized carbons (Fsp3) is 0.438. The van der Waals surface area contributed by atoms with Crippen LogP contribution in [-0.4, -0.2) is 34.5 Å². The molecule has 11 heteroatoms. The number of amides is 1. The van der Waals surface area contributed by atoms with Gasteiger partial charge in [-0.15, -0.1) is 0 Å². The van der Waals surface area contributed by atoms with Gasteiger partial charge < -0.3 is 34.3 Å². The number of nitrogens with two attached hydrogens (primary N) is 3. The molecular weight excluding hydrogens is 392 g/mol. The Balaban J connectivity index is 0.00000364. The van der Waals surface area contributed by atoms with Crippen molar-refractivity contribution in [2.45, 2.75) is 39.3 Å². The highest BCUT2D eigenvalue weighted by Crippen LogP contribution is 2.14. The lowest BCUT2D eigenvalue weighted by atomic mass is 10.2. The van der Waals surface area contributed by atoms with Gasteiger partial charge in [0.1, 0.15) is 17.7 Å². The average Bonchev–Trinajstić information content (AvgIpc) is 2.90. The first kappa shape index (κ1) is 22.7. The van der Waals surface area contributed by atoms with Crippen LogP contribution in [0, 0.1) is 13.8 Å². The van der Waals surface area contributed by atoms with Crippen LogP contribution in [0.25, 0.3) is 0 Å². The van der Waals surface area contributed by atoms with Crippen molar-refractivity contribution in [2.75, 3.05) is 12.3 Å². The van der Waals surface area contributed by atoms with Crippen LogP contribution in [0.1, 0.15) is 28.4 Å². The molecule has 0 aliphatic carbocycles. The first-order valence-corrected chi connectivity index (χ1v) is 8.90. The summed E-state index contributed by atoms with van der Waals surface area (Å²) < 4.78 is 7.16. The number of nitrogen functional groups attached to an aromatic ring is 1. The summed E-state index contributed by atoms with van der Waals surface area (Å²) in [6, 6.07) is -1.02. The van der Waals surface area contributed by atoms with Crippen LogP contribution in [0.15, 0.2) is 11.7 Å². The lowest BCUT2D eigenvalue weighted by molar-refractivity contribution is -0.689. The fourth-order valence-electron chi connectivity index (χ4n) is 2.32. The number of carbonyl (C=O) groups excluding carboxylic acids is 2. The molecule has 1 atom stereocenters. The van der Waals surface area contributed by atoms with Crippen LogP contribution >= 0.6 is 11.3 Å². The van der Waals surface area contributed by atoms with E-state index in [0.717, 1.165) is 16.1 Å². The van der Waals surface area contributed by atoms with E-state index in [2.05, 4.69) is 9.97 Å². The topological polar surface area (TPSA) is 151 Å².